The molecule has 0 aromatic carbocycles. The van der Waals surface area contributed by atoms with Crippen molar-refractivity contribution in [2.75, 3.05) is 6.61 Å². The molecule has 0 bridgehead atoms. The first-order valence-electron chi connectivity index (χ1n) is 3.71. The van der Waals surface area contributed by atoms with Crippen molar-refractivity contribution in [3.63, 3.8) is 0 Å². The van der Waals surface area contributed by atoms with Crippen molar-refractivity contribution in [3.05, 3.63) is 23.8 Å². The molecule has 1 aromatic heterocycles. The highest BCUT2D eigenvalue weighted by Crippen LogP contribution is 1.92. The molecule has 0 saturated carbocycles. The van der Waals surface area contributed by atoms with Gasteiger partial charge in [0.15, 0.2) is 0 Å². The van der Waals surface area contributed by atoms with Gasteiger partial charge in [-0.3, -0.25) is 4.98 Å². The van der Waals surface area contributed by atoms with Gasteiger partial charge in [-0.1, -0.05) is 11.8 Å². The summed E-state index contributed by atoms with van der Waals surface area (Å²) in [4.78, 5) is 7.99. The number of hydrogen-bond acceptors (Lipinski definition) is 3. The van der Waals surface area contributed by atoms with E-state index >= 15 is 0 Å². The van der Waals surface area contributed by atoms with E-state index in [4.69, 9.17) is 5.11 Å². The van der Waals surface area contributed by atoms with Crippen LogP contribution in [0, 0.1) is 23.7 Å². The maximum absolute atomic E-state index is 8.45. The molecule has 3 nitrogen and oxygen atoms in total. The second-order valence-corrected chi connectivity index (χ2v) is 2.12. The molecule has 0 fully saturated rings. The summed E-state index contributed by atoms with van der Waals surface area (Å²) in [5, 5.41) is 8.45. The number of nitrogens with zero attached hydrogens (tertiary/aromatic N) is 2. The summed E-state index contributed by atoms with van der Waals surface area (Å²) in [5.74, 6) is 10.6. The third-order valence-corrected chi connectivity index (χ3v) is 1.18. The van der Waals surface area contributed by atoms with Gasteiger partial charge in [0, 0.05) is 0 Å². The lowest BCUT2D eigenvalue weighted by atomic mass is 10.4. The van der Waals surface area contributed by atoms with Crippen LogP contribution in [-0.2, 0) is 0 Å². The highest BCUT2D eigenvalue weighted by molar-refractivity contribution is 5.31. The molecular formula is C10H8N2O. The Morgan fingerprint density at radius 3 is 2.62 bits per heavy atom. The largest absolute Gasteiger partial charge is 0.384 e. The van der Waals surface area contributed by atoms with Crippen molar-refractivity contribution in [3.8, 4) is 23.7 Å². The van der Waals surface area contributed by atoms with Crippen molar-refractivity contribution in [2.24, 2.45) is 0 Å². The summed E-state index contributed by atoms with van der Waals surface area (Å²) in [7, 11) is 0. The molecule has 0 atom stereocenters. The van der Waals surface area contributed by atoms with Crippen LogP contribution in [0.4, 0.5) is 0 Å². The Bertz CT molecular complexity index is 404. The van der Waals surface area contributed by atoms with E-state index in [0.717, 1.165) is 0 Å². The van der Waals surface area contributed by atoms with Gasteiger partial charge in [-0.2, -0.15) is 0 Å². The SMILES string of the molecule is CC#Cc1cncc(C#CCO)n1. The molecule has 0 radical (unpaired) electrons. The maximum atomic E-state index is 8.45. The Hall–Kier alpha value is -1.84. The minimum absolute atomic E-state index is 0.175. The highest BCUT2D eigenvalue weighted by Gasteiger charge is 1.90. The van der Waals surface area contributed by atoms with Crippen LogP contribution in [0.2, 0.25) is 0 Å². The Kier molecular flexibility index (Phi) is 3.50. The summed E-state index contributed by atoms with van der Waals surface area (Å²) in [6.07, 6.45) is 3.10. The molecule has 3 heteroatoms. The van der Waals surface area contributed by atoms with Gasteiger partial charge >= 0.3 is 0 Å². The molecule has 0 spiro atoms. The molecule has 0 amide bonds. The second-order valence-electron chi connectivity index (χ2n) is 2.12. The zero-order valence-electron chi connectivity index (χ0n) is 7.20. The average Bonchev–Trinajstić information content (AvgIpc) is 2.16. The zero-order chi connectivity index (χ0) is 9.52. The van der Waals surface area contributed by atoms with Crippen LogP contribution >= 0.6 is 0 Å². The lowest BCUT2D eigenvalue weighted by Gasteiger charge is -1.89. The van der Waals surface area contributed by atoms with Crippen LogP contribution in [0.25, 0.3) is 0 Å². The van der Waals surface area contributed by atoms with E-state index in [-0.39, 0.29) is 6.61 Å². The third-order valence-electron chi connectivity index (χ3n) is 1.18. The summed E-state index contributed by atoms with van der Waals surface area (Å²) >= 11 is 0. The van der Waals surface area contributed by atoms with E-state index in [9.17, 15) is 0 Å². The highest BCUT2D eigenvalue weighted by atomic mass is 16.2. The summed E-state index contributed by atoms with van der Waals surface area (Å²) in [5.41, 5.74) is 1.11. The Morgan fingerprint density at radius 1 is 1.31 bits per heavy atom. The molecule has 1 aromatic rings. The van der Waals surface area contributed by atoms with Crippen molar-refractivity contribution in [1.29, 1.82) is 0 Å². The molecule has 13 heavy (non-hydrogen) atoms. The van der Waals surface area contributed by atoms with E-state index in [2.05, 4.69) is 33.6 Å². The van der Waals surface area contributed by atoms with Crippen molar-refractivity contribution in [2.45, 2.75) is 6.92 Å². The lowest BCUT2D eigenvalue weighted by molar-refractivity contribution is 0.350. The van der Waals surface area contributed by atoms with Gasteiger partial charge in [-0.25, -0.2) is 4.98 Å². The lowest BCUT2D eigenvalue weighted by Crippen LogP contribution is -1.89. The fourth-order valence-electron chi connectivity index (χ4n) is 0.745. The molecule has 0 unspecified atom stereocenters. The fourth-order valence-corrected chi connectivity index (χ4v) is 0.745. The smallest absolute Gasteiger partial charge is 0.133 e. The molecule has 0 aliphatic rings. The minimum Gasteiger partial charge on any atom is -0.384 e. The minimum atomic E-state index is -0.175. The predicted octanol–water partition coefficient (Wildman–Crippen LogP) is 0.192. The molecule has 1 N–H and O–H groups in total. The second kappa shape index (κ2) is 4.92. The maximum Gasteiger partial charge on any atom is 0.133 e. The molecule has 1 heterocycles. The Labute approximate surface area is 76.9 Å². The number of rotatable bonds is 0. The van der Waals surface area contributed by atoms with Crippen LogP contribution in [0.5, 0.6) is 0 Å². The van der Waals surface area contributed by atoms with Crippen LogP contribution < -0.4 is 0 Å². The first-order chi connectivity index (χ1) is 6.36. The molecule has 0 saturated heterocycles. The predicted molar refractivity (Wildman–Crippen MR) is 48.5 cm³/mol. The average molecular weight is 172 g/mol. The third kappa shape index (κ3) is 2.94. The van der Waals surface area contributed by atoms with Crippen molar-refractivity contribution < 1.29 is 5.11 Å². The van der Waals surface area contributed by atoms with E-state index in [0.29, 0.717) is 11.4 Å². The normalized spacial score (nSPS) is 7.85. The molecule has 0 aliphatic carbocycles. The van der Waals surface area contributed by atoms with Crippen LogP contribution in [-0.4, -0.2) is 21.7 Å². The van der Waals surface area contributed by atoms with Gasteiger partial charge in [-0.15, -0.1) is 0 Å². The Morgan fingerprint density at radius 2 is 2.00 bits per heavy atom. The zero-order valence-corrected chi connectivity index (χ0v) is 7.20. The first kappa shape index (κ1) is 9.25. The van der Waals surface area contributed by atoms with Crippen LogP contribution in [0.15, 0.2) is 12.4 Å². The summed E-state index contributed by atoms with van der Waals surface area (Å²) < 4.78 is 0. The quantitative estimate of drug-likeness (QED) is 0.568. The molecular weight excluding hydrogens is 164 g/mol. The first-order valence-corrected chi connectivity index (χ1v) is 3.71. The van der Waals surface area contributed by atoms with E-state index in [1.165, 1.54) is 6.20 Å². The van der Waals surface area contributed by atoms with E-state index < -0.39 is 0 Å². The number of aliphatic hydroxyl groups is 1. The van der Waals surface area contributed by atoms with Crippen LogP contribution in [0.1, 0.15) is 18.3 Å². The van der Waals surface area contributed by atoms with Gasteiger partial charge in [0.25, 0.3) is 0 Å². The standard InChI is InChI=1S/C10H8N2O/c1-2-4-9-7-11-8-10(12-9)5-3-6-13/h7-8,13H,6H2,1H3. The van der Waals surface area contributed by atoms with Crippen molar-refractivity contribution in [1.82, 2.24) is 9.97 Å². The van der Waals surface area contributed by atoms with Crippen molar-refractivity contribution >= 4 is 0 Å². The number of aliphatic hydroxyl groups excluding tert-OH is 1. The van der Waals surface area contributed by atoms with Gasteiger partial charge < -0.3 is 5.11 Å². The topological polar surface area (TPSA) is 46.0 Å². The number of hydrogen-bond donors (Lipinski definition) is 1. The fraction of sp³-hybridized carbons (Fsp3) is 0.200. The number of aromatic nitrogens is 2. The molecule has 64 valence electrons. The van der Waals surface area contributed by atoms with Gasteiger partial charge in [-0.05, 0) is 18.8 Å². The summed E-state index contributed by atoms with van der Waals surface area (Å²) in [6.45, 7) is 1.55. The van der Waals surface area contributed by atoms with Crippen LogP contribution in [0.3, 0.4) is 0 Å². The van der Waals surface area contributed by atoms with Gasteiger partial charge in [0.05, 0.1) is 12.4 Å². The Balaban J connectivity index is 2.96. The van der Waals surface area contributed by atoms with Gasteiger partial charge in [0.1, 0.15) is 18.0 Å². The molecule has 0 aliphatic heterocycles. The van der Waals surface area contributed by atoms with E-state index in [1.54, 1.807) is 13.1 Å². The van der Waals surface area contributed by atoms with E-state index in [1.807, 2.05) is 0 Å². The monoisotopic (exact) mass is 172 g/mol. The summed E-state index contributed by atoms with van der Waals surface area (Å²) in [6, 6.07) is 0. The molecule has 1 rings (SSSR count). The van der Waals surface area contributed by atoms with Gasteiger partial charge in [0.2, 0.25) is 0 Å².